The van der Waals surface area contributed by atoms with Crippen molar-refractivity contribution in [3.05, 3.63) is 28.8 Å². The molecule has 0 aliphatic carbocycles. The molecule has 5 heteroatoms. The second kappa shape index (κ2) is 6.67. The highest BCUT2D eigenvalue weighted by Gasteiger charge is 2.28. The lowest BCUT2D eigenvalue weighted by Crippen LogP contribution is -2.48. The lowest BCUT2D eigenvalue weighted by molar-refractivity contribution is 0.0601. The van der Waals surface area contributed by atoms with Gasteiger partial charge in [0.25, 0.3) is 0 Å². The van der Waals surface area contributed by atoms with Crippen molar-refractivity contribution < 1.29 is 9.53 Å². The maximum Gasteiger partial charge on any atom is 0.339 e. The molecule has 0 saturated carbocycles. The molecule has 1 heterocycles. The van der Waals surface area contributed by atoms with Crippen molar-refractivity contribution in [2.24, 2.45) is 5.92 Å². The Morgan fingerprint density at radius 1 is 1.43 bits per heavy atom. The molecular formula is C16H23ClN2O2. The molecule has 0 aromatic heterocycles. The average molecular weight is 311 g/mol. The van der Waals surface area contributed by atoms with Crippen LogP contribution in [0, 0.1) is 5.92 Å². The molecule has 0 spiro atoms. The average Bonchev–Trinajstić information content (AvgIpc) is 2.45. The fourth-order valence-corrected chi connectivity index (χ4v) is 3.03. The van der Waals surface area contributed by atoms with Crippen LogP contribution in [0.5, 0.6) is 0 Å². The number of carbonyl (C=O) groups is 1. The minimum Gasteiger partial charge on any atom is -0.465 e. The number of rotatable bonds is 3. The number of esters is 1. The number of carbonyl (C=O) groups excluding carboxylic acids is 1. The Bertz CT molecular complexity index is 521. The van der Waals surface area contributed by atoms with Crippen molar-refractivity contribution >= 4 is 23.3 Å². The van der Waals surface area contributed by atoms with Gasteiger partial charge in [-0.15, -0.1) is 0 Å². The van der Waals surface area contributed by atoms with E-state index in [1.165, 1.54) is 7.11 Å². The largest absolute Gasteiger partial charge is 0.465 e. The SMILES string of the molecule is COC(=O)c1cc(NC2CC(C)N(C)CC2C)ccc1Cl. The third-order valence-electron chi connectivity index (χ3n) is 4.33. The van der Waals surface area contributed by atoms with Gasteiger partial charge in [0.05, 0.1) is 17.7 Å². The summed E-state index contributed by atoms with van der Waals surface area (Å²) >= 11 is 6.05. The molecule has 3 atom stereocenters. The first-order valence-corrected chi connectivity index (χ1v) is 7.64. The van der Waals surface area contributed by atoms with Crippen molar-refractivity contribution in [1.29, 1.82) is 0 Å². The number of nitrogens with one attached hydrogen (secondary N) is 1. The van der Waals surface area contributed by atoms with E-state index in [9.17, 15) is 4.79 Å². The van der Waals surface area contributed by atoms with Gasteiger partial charge in [-0.05, 0) is 44.5 Å². The zero-order chi connectivity index (χ0) is 15.6. The van der Waals surface area contributed by atoms with E-state index in [0.29, 0.717) is 28.6 Å². The molecule has 1 saturated heterocycles. The number of nitrogens with zero attached hydrogens (tertiary/aromatic N) is 1. The Balaban J connectivity index is 2.14. The van der Waals surface area contributed by atoms with Crippen molar-refractivity contribution in [3.63, 3.8) is 0 Å². The molecule has 21 heavy (non-hydrogen) atoms. The number of piperidine rings is 1. The van der Waals surface area contributed by atoms with Crippen molar-refractivity contribution in [2.75, 3.05) is 26.0 Å². The predicted octanol–water partition coefficient (Wildman–Crippen LogP) is 3.27. The Morgan fingerprint density at radius 3 is 2.81 bits per heavy atom. The molecule has 116 valence electrons. The summed E-state index contributed by atoms with van der Waals surface area (Å²) in [7, 11) is 3.52. The van der Waals surface area contributed by atoms with E-state index in [0.717, 1.165) is 18.7 Å². The van der Waals surface area contributed by atoms with E-state index in [4.69, 9.17) is 16.3 Å². The minimum absolute atomic E-state index is 0.392. The third kappa shape index (κ3) is 3.69. The lowest BCUT2D eigenvalue weighted by atomic mass is 9.89. The van der Waals surface area contributed by atoms with Gasteiger partial charge in [-0.2, -0.15) is 0 Å². The molecular weight excluding hydrogens is 288 g/mol. The van der Waals surface area contributed by atoms with E-state index in [1.54, 1.807) is 12.1 Å². The van der Waals surface area contributed by atoms with Crippen LogP contribution in [-0.4, -0.2) is 43.7 Å². The van der Waals surface area contributed by atoms with E-state index < -0.39 is 5.97 Å². The minimum atomic E-state index is -0.409. The Kier molecular flexibility index (Phi) is 5.12. The van der Waals surface area contributed by atoms with Crippen LogP contribution in [0.4, 0.5) is 5.69 Å². The molecule has 1 aliphatic rings. The van der Waals surface area contributed by atoms with Crippen LogP contribution in [0.2, 0.25) is 5.02 Å². The maximum atomic E-state index is 11.7. The van der Waals surface area contributed by atoms with Crippen LogP contribution < -0.4 is 5.32 Å². The fraction of sp³-hybridized carbons (Fsp3) is 0.562. The van der Waals surface area contributed by atoms with Crippen LogP contribution in [0.3, 0.4) is 0 Å². The second-order valence-corrected chi connectivity index (χ2v) is 6.35. The first-order valence-electron chi connectivity index (χ1n) is 7.27. The summed E-state index contributed by atoms with van der Waals surface area (Å²) in [6.45, 7) is 5.55. The summed E-state index contributed by atoms with van der Waals surface area (Å²) in [5, 5.41) is 3.95. The summed E-state index contributed by atoms with van der Waals surface area (Å²) in [5.41, 5.74) is 1.31. The van der Waals surface area contributed by atoms with Crippen LogP contribution in [0.25, 0.3) is 0 Å². The van der Waals surface area contributed by atoms with Crippen LogP contribution >= 0.6 is 11.6 Å². The highest BCUT2D eigenvalue weighted by molar-refractivity contribution is 6.33. The number of hydrogen-bond donors (Lipinski definition) is 1. The number of halogens is 1. The number of benzene rings is 1. The first-order chi connectivity index (χ1) is 9.92. The van der Waals surface area contributed by atoms with Gasteiger partial charge in [-0.1, -0.05) is 18.5 Å². The molecule has 1 aliphatic heterocycles. The summed E-state index contributed by atoms with van der Waals surface area (Å²) < 4.78 is 4.76. The molecule has 1 aromatic carbocycles. The number of anilines is 1. The molecule has 2 rings (SSSR count). The normalized spacial score (nSPS) is 26.4. The first kappa shape index (κ1) is 16.1. The van der Waals surface area contributed by atoms with Gasteiger partial charge in [-0.3, -0.25) is 0 Å². The predicted molar refractivity (Wildman–Crippen MR) is 86.1 cm³/mol. The number of likely N-dealkylation sites (tertiary alicyclic amines) is 1. The summed E-state index contributed by atoms with van der Waals surface area (Å²) in [6, 6.07) is 6.35. The molecule has 3 unspecified atom stereocenters. The maximum absolute atomic E-state index is 11.7. The Morgan fingerprint density at radius 2 is 2.14 bits per heavy atom. The molecule has 1 aromatic rings. The highest BCUT2D eigenvalue weighted by Crippen LogP contribution is 2.27. The van der Waals surface area contributed by atoms with Crippen molar-refractivity contribution in [1.82, 2.24) is 4.90 Å². The molecule has 4 nitrogen and oxygen atoms in total. The quantitative estimate of drug-likeness (QED) is 0.870. The van der Waals surface area contributed by atoms with E-state index in [2.05, 4.69) is 31.1 Å². The Hall–Kier alpha value is -1.26. The molecule has 0 radical (unpaired) electrons. The van der Waals surface area contributed by atoms with Gasteiger partial charge in [0.1, 0.15) is 0 Å². The second-order valence-electron chi connectivity index (χ2n) is 5.94. The van der Waals surface area contributed by atoms with Gasteiger partial charge in [0.2, 0.25) is 0 Å². The van der Waals surface area contributed by atoms with E-state index >= 15 is 0 Å². The van der Waals surface area contributed by atoms with E-state index in [1.807, 2.05) is 6.07 Å². The van der Waals surface area contributed by atoms with Gasteiger partial charge < -0.3 is 15.0 Å². The summed E-state index contributed by atoms with van der Waals surface area (Å²) in [5.74, 6) is 0.136. The zero-order valence-electron chi connectivity index (χ0n) is 13.0. The number of methoxy groups -OCH3 is 1. The van der Waals surface area contributed by atoms with Gasteiger partial charge in [0, 0.05) is 24.3 Å². The zero-order valence-corrected chi connectivity index (χ0v) is 13.8. The molecule has 0 amide bonds. The summed E-state index contributed by atoms with van der Waals surface area (Å²) in [6.07, 6.45) is 1.08. The van der Waals surface area contributed by atoms with Crippen LogP contribution in [0.1, 0.15) is 30.6 Å². The molecule has 0 bridgehead atoms. The Labute approximate surface area is 131 Å². The van der Waals surface area contributed by atoms with E-state index in [-0.39, 0.29) is 0 Å². The topological polar surface area (TPSA) is 41.6 Å². The van der Waals surface area contributed by atoms with Gasteiger partial charge >= 0.3 is 5.97 Å². The lowest BCUT2D eigenvalue weighted by Gasteiger charge is -2.40. The third-order valence-corrected chi connectivity index (χ3v) is 4.66. The van der Waals surface area contributed by atoms with Crippen molar-refractivity contribution in [3.8, 4) is 0 Å². The number of ether oxygens (including phenoxy) is 1. The number of hydrogen-bond acceptors (Lipinski definition) is 4. The van der Waals surface area contributed by atoms with Crippen LogP contribution in [0.15, 0.2) is 18.2 Å². The van der Waals surface area contributed by atoms with Crippen LogP contribution in [-0.2, 0) is 4.74 Å². The highest BCUT2D eigenvalue weighted by atomic mass is 35.5. The molecule has 1 N–H and O–H groups in total. The van der Waals surface area contributed by atoms with Gasteiger partial charge in [-0.25, -0.2) is 4.79 Å². The van der Waals surface area contributed by atoms with Crippen molar-refractivity contribution in [2.45, 2.75) is 32.4 Å². The summed E-state index contributed by atoms with van der Waals surface area (Å²) in [4.78, 5) is 14.1. The fourth-order valence-electron chi connectivity index (χ4n) is 2.84. The van der Waals surface area contributed by atoms with Gasteiger partial charge in [0.15, 0.2) is 0 Å². The standard InChI is InChI=1S/C16H23ClN2O2/c1-10-9-19(3)11(2)7-15(10)18-12-5-6-14(17)13(8-12)16(20)21-4/h5-6,8,10-11,15,18H,7,9H2,1-4H3. The molecule has 1 fully saturated rings. The monoisotopic (exact) mass is 310 g/mol. The smallest absolute Gasteiger partial charge is 0.339 e.